The van der Waals surface area contributed by atoms with Crippen molar-refractivity contribution in [3.8, 4) is 5.69 Å². The molecule has 1 heterocycles. The topological polar surface area (TPSA) is 17.8 Å². The average Bonchev–Trinajstić information content (AvgIpc) is 2.78. The molecule has 20 heavy (non-hydrogen) atoms. The van der Waals surface area contributed by atoms with E-state index in [2.05, 4.69) is 57.8 Å². The summed E-state index contributed by atoms with van der Waals surface area (Å²) >= 11 is 9.45. The lowest BCUT2D eigenvalue weighted by Gasteiger charge is -2.09. The highest BCUT2D eigenvalue weighted by molar-refractivity contribution is 9.10. The molecule has 0 unspecified atom stereocenters. The largest absolute Gasteiger partial charge is 0.296 e. The highest BCUT2D eigenvalue weighted by Gasteiger charge is 2.12. The van der Waals surface area contributed by atoms with Gasteiger partial charge in [-0.15, -0.1) is 11.6 Å². The van der Waals surface area contributed by atoms with Crippen LogP contribution in [0, 0.1) is 6.92 Å². The van der Waals surface area contributed by atoms with E-state index in [4.69, 9.17) is 16.6 Å². The van der Waals surface area contributed by atoms with Crippen molar-refractivity contribution in [2.45, 2.75) is 13.3 Å². The number of hydrogen-bond acceptors (Lipinski definition) is 1. The Morgan fingerprint density at radius 3 is 2.60 bits per heavy atom. The van der Waals surface area contributed by atoms with E-state index in [0.29, 0.717) is 5.88 Å². The summed E-state index contributed by atoms with van der Waals surface area (Å²) in [6, 6.07) is 14.6. The Hall–Kier alpha value is -1.32. The molecule has 0 saturated carbocycles. The van der Waals surface area contributed by atoms with Crippen LogP contribution in [0.4, 0.5) is 0 Å². The Balaban J connectivity index is 2.27. The first-order chi connectivity index (χ1) is 9.69. The predicted molar refractivity (Wildman–Crippen MR) is 87.9 cm³/mol. The zero-order valence-corrected chi connectivity index (χ0v) is 13.4. The first-order valence-electron chi connectivity index (χ1n) is 6.49. The lowest BCUT2D eigenvalue weighted by atomic mass is 10.2. The van der Waals surface area contributed by atoms with E-state index in [1.165, 1.54) is 5.56 Å². The number of aromatic nitrogens is 2. The third-order valence-corrected chi connectivity index (χ3v) is 3.98. The van der Waals surface area contributed by atoms with Crippen LogP contribution >= 0.6 is 27.5 Å². The molecule has 4 heteroatoms. The van der Waals surface area contributed by atoms with Crippen molar-refractivity contribution < 1.29 is 0 Å². The molecule has 0 saturated heterocycles. The standard InChI is InChI=1S/C16H14BrClN2/c1-11-2-5-13(6-3-11)20-15-10-12(17)4-7-14(15)19-16(20)8-9-18/h2-7,10H,8-9H2,1H3. The highest BCUT2D eigenvalue weighted by atomic mass is 79.9. The van der Waals surface area contributed by atoms with Crippen LogP contribution in [0.5, 0.6) is 0 Å². The SMILES string of the molecule is Cc1ccc(-n2c(CCCl)nc3ccc(Br)cc32)cc1. The summed E-state index contributed by atoms with van der Waals surface area (Å²) in [5, 5.41) is 0. The zero-order chi connectivity index (χ0) is 14.1. The predicted octanol–water partition coefficient (Wildman–Crippen LogP) is 4.88. The first-order valence-corrected chi connectivity index (χ1v) is 7.81. The molecule has 0 amide bonds. The quantitative estimate of drug-likeness (QED) is 0.616. The van der Waals surface area contributed by atoms with Crippen LogP contribution in [0.3, 0.4) is 0 Å². The summed E-state index contributed by atoms with van der Waals surface area (Å²) in [5.74, 6) is 1.56. The molecule has 3 rings (SSSR count). The monoisotopic (exact) mass is 348 g/mol. The number of hydrogen-bond donors (Lipinski definition) is 0. The third kappa shape index (κ3) is 2.48. The van der Waals surface area contributed by atoms with E-state index in [0.717, 1.165) is 33.4 Å². The van der Waals surface area contributed by atoms with Gasteiger partial charge in [0.15, 0.2) is 0 Å². The molecule has 0 fully saturated rings. The first kappa shape index (κ1) is 13.7. The van der Waals surface area contributed by atoms with Crippen LogP contribution in [0.1, 0.15) is 11.4 Å². The van der Waals surface area contributed by atoms with Gasteiger partial charge in [0.25, 0.3) is 0 Å². The van der Waals surface area contributed by atoms with Crippen LogP contribution < -0.4 is 0 Å². The molecule has 0 aliphatic rings. The van der Waals surface area contributed by atoms with Crippen LogP contribution in [0.2, 0.25) is 0 Å². The van der Waals surface area contributed by atoms with E-state index in [1.54, 1.807) is 0 Å². The van der Waals surface area contributed by atoms with Crippen molar-refractivity contribution in [1.29, 1.82) is 0 Å². The second-order valence-electron chi connectivity index (χ2n) is 4.77. The molecule has 0 bridgehead atoms. The molecular weight excluding hydrogens is 336 g/mol. The second-order valence-corrected chi connectivity index (χ2v) is 6.06. The molecule has 0 atom stereocenters. The van der Waals surface area contributed by atoms with Gasteiger partial charge in [0.1, 0.15) is 5.82 Å². The van der Waals surface area contributed by atoms with Gasteiger partial charge in [0.2, 0.25) is 0 Å². The van der Waals surface area contributed by atoms with Gasteiger partial charge in [-0.2, -0.15) is 0 Å². The van der Waals surface area contributed by atoms with Gasteiger partial charge in [-0.05, 0) is 37.3 Å². The smallest absolute Gasteiger partial charge is 0.115 e. The van der Waals surface area contributed by atoms with Crippen LogP contribution in [-0.4, -0.2) is 15.4 Å². The second kappa shape index (κ2) is 5.58. The molecule has 0 aliphatic carbocycles. The van der Waals surface area contributed by atoms with E-state index in [-0.39, 0.29) is 0 Å². The Morgan fingerprint density at radius 1 is 1.15 bits per heavy atom. The number of fused-ring (bicyclic) bond motifs is 1. The molecule has 2 aromatic carbocycles. The molecule has 1 aromatic heterocycles. The van der Waals surface area contributed by atoms with Crippen LogP contribution in [0.25, 0.3) is 16.7 Å². The van der Waals surface area contributed by atoms with Gasteiger partial charge in [-0.3, -0.25) is 4.57 Å². The summed E-state index contributed by atoms with van der Waals surface area (Å²) in [5.41, 5.74) is 4.46. The summed E-state index contributed by atoms with van der Waals surface area (Å²) < 4.78 is 3.23. The van der Waals surface area contributed by atoms with Gasteiger partial charge in [-0.25, -0.2) is 4.98 Å². The number of alkyl halides is 1. The van der Waals surface area contributed by atoms with Crippen LogP contribution in [-0.2, 0) is 6.42 Å². The number of rotatable bonds is 3. The van der Waals surface area contributed by atoms with Gasteiger partial charge in [0, 0.05) is 22.5 Å². The van der Waals surface area contributed by atoms with Crippen molar-refractivity contribution in [1.82, 2.24) is 9.55 Å². The lowest BCUT2D eigenvalue weighted by molar-refractivity contribution is 0.912. The summed E-state index contributed by atoms with van der Waals surface area (Å²) in [4.78, 5) is 4.70. The molecular formula is C16H14BrClN2. The maximum absolute atomic E-state index is 5.92. The molecule has 2 nitrogen and oxygen atoms in total. The lowest BCUT2D eigenvalue weighted by Crippen LogP contribution is -2.02. The maximum atomic E-state index is 5.92. The zero-order valence-electron chi connectivity index (χ0n) is 11.1. The average molecular weight is 350 g/mol. The van der Waals surface area contributed by atoms with E-state index in [1.807, 2.05) is 12.1 Å². The Bertz CT molecular complexity index is 747. The molecule has 0 radical (unpaired) electrons. The number of halogens is 2. The Labute approximate surface area is 131 Å². The fourth-order valence-electron chi connectivity index (χ4n) is 2.33. The molecule has 0 aliphatic heterocycles. The van der Waals surface area contributed by atoms with Crippen molar-refractivity contribution in [3.05, 3.63) is 58.3 Å². The van der Waals surface area contributed by atoms with E-state index >= 15 is 0 Å². The fourth-order valence-corrected chi connectivity index (χ4v) is 2.85. The minimum absolute atomic E-state index is 0.566. The Kier molecular flexibility index (Phi) is 3.81. The van der Waals surface area contributed by atoms with Crippen molar-refractivity contribution in [3.63, 3.8) is 0 Å². The minimum Gasteiger partial charge on any atom is -0.296 e. The summed E-state index contributed by atoms with van der Waals surface area (Å²) in [7, 11) is 0. The van der Waals surface area contributed by atoms with Gasteiger partial charge < -0.3 is 0 Å². The summed E-state index contributed by atoms with van der Waals surface area (Å²) in [6.45, 7) is 2.09. The molecule has 102 valence electrons. The number of benzene rings is 2. The van der Waals surface area contributed by atoms with Gasteiger partial charge in [0.05, 0.1) is 11.0 Å². The van der Waals surface area contributed by atoms with E-state index < -0.39 is 0 Å². The highest BCUT2D eigenvalue weighted by Crippen LogP contribution is 2.25. The van der Waals surface area contributed by atoms with Gasteiger partial charge >= 0.3 is 0 Å². The fraction of sp³-hybridized carbons (Fsp3) is 0.188. The van der Waals surface area contributed by atoms with Crippen molar-refractivity contribution in [2.24, 2.45) is 0 Å². The number of nitrogens with zero attached hydrogens (tertiary/aromatic N) is 2. The normalized spacial score (nSPS) is 11.2. The van der Waals surface area contributed by atoms with Gasteiger partial charge in [-0.1, -0.05) is 33.6 Å². The minimum atomic E-state index is 0.566. The number of imidazole rings is 1. The molecule has 0 N–H and O–H groups in total. The molecule has 0 spiro atoms. The van der Waals surface area contributed by atoms with Crippen molar-refractivity contribution in [2.75, 3.05) is 5.88 Å². The summed E-state index contributed by atoms with van der Waals surface area (Å²) in [6.07, 6.45) is 0.752. The maximum Gasteiger partial charge on any atom is 0.115 e. The Morgan fingerprint density at radius 2 is 1.90 bits per heavy atom. The third-order valence-electron chi connectivity index (χ3n) is 3.30. The van der Waals surface area contributed by atoms with E-state index in [9.17, 15) is 0 Å². The van der Waals surface area contributed by atoms with Crippen molar-refractivity contribution >= 4 is 38.6 Å². The number of aryl methyl sites for hydroxylation is 2. The molecule has 3 aromatic rings. The van der Waals surface area contributed by atoms with Crippen LogP contribution in [0.15, 0.2) is 46.9 Å².